The van der Waals surface area contributed by atoms with Crippen molar-refractivity contribution in [1.82, 2.24) is 44.9 Å². The molecule has 0 saturated heterocycles. The van der Waals surface area contributed by atoms with Crippen molar-refractivity contribution >= 4 is 163 Å². The van der Waals surface area contributed by atoms with Gasteiger partial charge < -0.3 is 13.3 Å². The minimum atomic E-state index is -0.613. The molecule has 30 rings (SSSR count). The van der Waals surface area contributed by atoms with Crippen LogP contribution in [0, 0.1) is 0 Å². The van der Waals surface area contributed by atoms with E-state index >= 15 is 0 Å². The molecule has 0 unspecified atom stereocenters. The Morgan fingerprint density at radius 1 is 0.129 bits per heavy atom. The van der Waals surface area contributed by atoms with Gasteiger partial charge in [-0.25, -0.2) is 44.9 Å². The summed E-state index contributed by atoms with van der Waals surface area (Å²) in [5.41, 5.74) is 14.0. The van der Waals surface area contributed by atoms with E-state index in [9.17, 15) is 0 Å². The van der Waals surface area contributed by atoms with E-state index in [2.05, 4.69) is 238 Å². The van der Waals surface area contributed by atoms with Crippen LogP contribution in [0.3, 0.4) is 0 Å². The molecule has 684 valence electrons. The monoisotopic (exact) mass is 1890 g/mol. The van der Waals surface area contributed by atoms with Gasteiger partial charge in [-0.2, -0.15) is 0 Å². The molecule has 12 nitrogen and oxygen atoms in total. The average molecular weight is 1890 g/mol. The summed E-state index contributed by atoms with van der Waals surface area (Å²) in [4.78, 5) is 43.2. The van der Waals surface area contributed by atoms with Crippen LogP contribution in [0.5, 0.6) is 0 Å². The highest BCUT2D eigenvalue weighted by molar-refractivity contribution is 6.29. The first-order chi connectivity index (χ1) is 79.1. The van der Waals surface area contributed by atoms with Gasteiger partial charge in [0.15, 0.2) is 52.4 Å². The largest absolute Gasteiger partial charge is 0.456 e. The van der Waals surface area contributed by atoms with Gasteiger partial charge >= 0.3 is 0 Å². The summed E-state index contributed by atoms with van der Waals surface area (Å²) >= 11 is 0. The van der Waals surface area contributed by atoms with Crippen LogP contribution in [-0.2, 0) is 0 Å². The fourth-order valence-electron chi connectivity index (χ4n) is 20.9. The lowest BCUT2D eigenvalue weighted by molar-refractivity contribution is 0.668. The molecule has 0 aliphatic carbocycles. The summed E-state index contributed by atoms with van der Waals surface area (Å²) in [6, 6.07) is 128. The standard InChI is InChI=1S/3C45H27N3O/c3*1-3-12-28(13-4-1)43-46-44(29-14-5-2-6-15-29)48-45(47-43)37-20-11-21-41-42(37)39-27-31(23-25-40(39)49-41)30-22-24-36-34-18-8-7-16-32(34)33-17-9-10-19-35(33)38(36)26-30/h3*1-27H/i1D,2D,3D,4D,5D,6D,12D,13D,14D,15D;1D,3D,4D,12D,13D;. The lowest BCUT2D eigenvalue weighted by Crippen LogP contribution is -2.00. The fourth-order valence-corrected chi connectivity index (χ4v) is 20.9. The van der Waals surface area contributed by atoms with Crippen molar-refractivity contribution in [3.63, 3.8) is 0 Å². The molecule has 147 heavy (non-hydrogen) atoms. The first-order valence-corrected chi connectivity index (χ1v) is 48.1. The first kappa shape index (κ1) is 70.6. The number of hydrogen-bond donors (Lipinski definition) is 0. The van der Waals surface area contributed by atoms with Crippen molar-refractivity contribution in [3.8, 4) is 136 Å². The van der Waals surface area contributed by atoms with Crippen LogP contribution in [0.4, 0.5) is 0 Å². The van der Waals surface area contributed by atoms with E-state index in [0.29, 0.717) is 73.1 Å². The third-order valence-electron chi connectivity index (χ3n) is 27.6. The molecule has 30 aromatic rings. The Hall–Kier alpha value is -20.0. The van der Waals surface area contributed by atoms with Crippen LogP contribution in [0.2, 0.25) is 0 Å². The Kier molecular flexibility index (Phi) is 17.1. The average Bonchev–Trinajstić information content (AvgIpc) is 1.01. The first-order valence-electron chi connectivity index (χ1n) is 55.6. The van der Waals surface area contributed by atoms with Crippen LogP contribution in [0.15, 0.2) is 504 Å². The van der Waals surface area contributed by atoms with E-state index in [0.717, 1.165) is 110 Å². The number of nitrogens with zero attached hydrogens (tertiary/aromatic N) is 9. The van der Waals surface area contributed by atoms with E-state index < -0.39 is 78.6 Å². The van der Waals surface area contributed by atoms with Gasteiger partial charge in [-0.15, -0.1) is 0 Å². The zero-order valence-corrected chi connectivity index (χ0v) is 77.9. The molecule has 0 bridgehead atoms. The van der Waals surface area contributed by atoms with Gasteiger partial charge in [-0.3, -0.25) is 0 Å². The SMILES string of the molecule is [2H]c1c([2H])c([2H])c(-c2nc(-c3c([2H])c([2H])c([2H])c([2H])c3[2H])nc(-c3cccc4oc5ccc(-c6ccc7c8ccccc8c8ccccc8c7c6)cc5c34)n2)c([2H])c1[2H].[2H]c1c([2H])c([2H])c(-c2nc(-c3ccccc3)nc(-c3cccc4oc5ccc(-c6ccc7c8ccccc8c8ccccc8c7c6)cc5c34)n2)c([2H])c1[2H].c1ccc(-c2nc(-c3ccccc3)nc(-c3cccc4oc5ccc(-c6ccc7c8ccccc8c8ccccc8c7c6)cc5c34)n2)cc1. The number of fused-ring (bicyclic) bond motifs is 27. The molecule has 0 amide bonds. The Morgan fingerprint density at radius 2 is 0.320 bits per heavy atom. The van der Waals surface area contributed by atoms with Gasteiger partial charge in [0.25, 0.3) is 0 Å². The van der Waals surface area contributed by atoms with Crippen LogP contribution in [0.25, 0.3) is 299 Å². The third-order valence-corrected chi connectivity index (χ3v) is 27.6. The van der Waals surface area contributed by atoms with Crippen molar-refractivity contribution in [2.75, 3.05) is 0 Å². The molecule has 0 fully saturated rings. The Morgan fingerprint density at radius 3 is 0.558 bits per heavy atom. The van der Waals surface area contributed by atoms with Crippen molar-refractivity contribution in [2.45, 2.75) is 0 Å². The Labute approximate surface area is 863 Å². The van der Waals surface area contributed by atoms with Gasteiger partial charge in [0.1, 0.15) is 33.5 Å². The molecule has 12 heteroatoms. The molecule has 0 saturated carbocycles. The normalized spacial score (nSPS) is 13.1. The predicted molar refractivity (Wildman–Crippen MR) is 604 cm³/mol. The molecule has 0 N–H and O–H groups in total. The maximum absolute atomic E-state index is 8.71. The zero-order chi connectivity index (χ0) is 110. The van der Waals surface area contributed by atoms with Crippen molar-refractivity contribution in [1.29, 1.82) is 0 Å². The summed E-state index contributed by atoms with van der Waals surface area (Å²) < 4.78 is 146. The third kappa shape index (κ3) is 15.1. The summed E-state index contributed by atoms with van der Waals surface area (Å²) in [5.74, 6) is 1.73. The molecule has 6 heterocycles. The van der Waals surface area contributed by atoms with E-state index in [-0.39, 0.29) is 57.9 Å². The van der Waals surface area contributed by atoms with Gasteiger partial charge in [-0.05, 0) is 203 Å². The van der Waals surface area contributed by atoms with Crippen LogP contribution >= 0.6 is 0 Å². The van der Waals surface area contributed by atoms with E-state index in [1.54, 1.807) is 18.2 Å². The molecule has 0 atom stereocenters. The van der Waals surface area contributed by atoms with Crippen molar-refractivity contribution in [3.05, 3.63) is 491 Å². The molecule has 0 radical (unpaired) electrons. The molecule has 0 aliphatic heterocycles. The smallest absolute Gasteiger partial charge is 0.164 e. The van der Waals surface area contributed by atoms with Crippen LogP contribution in [0.1, 0.15) is 20.6 Å². The fraction of sp³-hybridized carbons (Fsp3) is 0. The molecule has 0 spiro atoms. The van der Waals surface area contributed by atoms with Crippen molar-refractivity contribution < 1.29 is 33.8 Å². The molecular formula is C135H81N9O3. The second-order valence-electron chi connectivity index (χ2n) is 36.0. The minimum absolute atomic E-state index is 0.0164. The van der Waals surface area contributed by atoms with Gasteiger partial charge in [0, 0.05) is 82.4 Å². The van der Waals surface area contributed by atoms with Crippen molar-refractivity contribution in [2.24, 2.45) is 0 Å². The molecule has 0 aliphatic rings. The highest BCUT2D eigenvalue weighted by atomic mass is 16.3. The number of furan rings is 3. The molecule has 6 aromatic heterocycles. The number of hydrogen-bond acceptors (Lipinski definition) is 12. The Balaban J connectivity index is 0.000000114. The molecular weight excluding hydrogens is 1800 g/mol. The van der Waals surface area contributed by atoms with Gasteiger partial charge in [0.2, 0.25) is 0 Å². The van der Waals surface area contributed by atoms with E-state index in [1.807, 2.05) is 164 Å². The quantitative estimate of drug-likeness (QED) is 0.107. The Bertz CT molecular complexity index is 11200. The zero-order valence-electron chi connectivity index (χ0n) is 92.9. The van der Waals surface area contributed by atoms with E-state index in [4.69, 9.17) is 58.7 Å². The van der Waals surface area contributed by atoms with Crippen LogP contribution < -0.4 is 0 Å². The topological polar surface area (TPSA) is 155 Å². The highest BCUT2D eigenvalue weighted by Gasteiger charge is 2.26. The number of rotatable bonds is 12. The maximum atomic E-state index is 8.71. The second-order valence-corrected chi connectivity index (χ2v) is 36.0. The summed E-state index contributed by atoms with van der Waals surface area (Å²) in [6.45, 7) is 0. The van der Waals surface area contributed by atoms with E-state index in [1.165, 1.54) is 70.0 Å². The molecule has 24 aromatic carbocycles. The van der Waals surface area contributed by atoms with Gasteiger partial charge in [-0.1, -0.05) is 418 Å². The highest BCUT2D eigenvalue weighted by Crippen LogP contribution is 2.48. The summed E-state index contributed by atoms with van der Waals surface area (Å²) in [5, 5.41) is 26.7. The number of benzene rings is 24. The predicted octanol–water partition coefficient (Wildman–Crippen LogP) is 35.7. The lowest BCUT2D eigenvalue weighted by Gasteiger charge is -2.12. The number of aromatic nitrogens is 9. The van der Waals surface area contributed by atoms with Gasteiger partial charge in [0.05, 0.1) is 20.6 Å². The second kappa shape index (κ2) is 35.7. The summed E-state index contributed by atoms with van der Waals surface area (Å²) in [6.07, 6.45) is 0. The minimum Gasteiger partial charge on any atom is -0.456 e. The summed E-state index contributed by atoms with van der Waals surface area (Å²) in [7, 11) is 0. The van der Waals surface area contributed by atoms with Crippen LogP contribution in [-0.4, -0.2) is 44.9 Å². The lowest BCUT2D eigenvalue weighted by atomic mass is 9.92. The maximum Gasteiger partial charge on any atom is 0.164 e.